The normalized spacial score (nSPS) is 14.2. The quantitative estimate of drug-likeness (QED) is 0.852. The fourth-order valence-electron chi connectivity index (χ4n) is 2.40. The van der Waals surface area contributed by atoms with E-state index < -0.39 is 0 Å². The van der Waals surface area contributed by atoms with Gasteiger partial charge in [-0.15, -0.1) is 0 Å². The Balaban J connectivity index is 1.70. The molecule has 0 atom stereocenters. The first-order valence-electron chi connectivity index (χ1n) is 7.13. The molecule has 1 aromatic carbocycles. The summed E-state index contributed by atoms with van der Waals surface area (Å²) < 4.78 is 2.06. The zero-order chi connectivity index (χ0) is 14.8. The van der Waals surface area contributed by atoms with Gasteiger partial charge in [-0.25, -0.2) is 4.98 Å². The first-order valence-corrected chi connectivity index (χ1v) is 7.50. The minimum atomic E-state index is 0.229. The zero-order valence-electron chi connectivity index (χ0n) is 12.0. The molecule has 0 spiro atoms. The topological polar surface area (TPSA) is 38.1 Å². The summed E-state index contributed by atoms with van der Waals surface area (Å²) in [4.78, 5) is 18.2. The monoisotopic (exact) mass is 303 g/mol. The molecule has 2 aromatic rings. The maximum absolute atomic E-state index is 12.0. The molecule has 1 aliphatic carbocycles. The van der Waals surface area contributed by atoms with Gasteiger partial charge in [0.05, 0.1) is 6.54 Å². The second kappa shape index (κ2) is 5.90. The van der Waals surface area contributed by atoms with Crippen LogP contribution in [0.4, 0.5) is 0 Å². The van der Waals surface area contributed by atoms with Gasteiger partial charge in [-0.05, 0) is 30.5 Å². The summed E-state index contributed by atoms with van der Waals surface area (Å²) in [5, 5.41) is 0.732. The van der Waals surface area contributed by atoms with E-state index in [1.807, 2.05) is 37.5 Å². The standard InChI is InChI=1S/C16H18ClN3O/c1-19(16(21)13-5-6-13)11-15-18-7-8-20(15)10-12-3-2-4-14(17)9-12/h2-4,7-9,13H,5-6,10-11H2,1H3. The Morgan fingerprint density at radius 2 is 2.29 bits per heavy atom. The van der Waals surface area contributed by atoms with Gasteiger partial charge in [-0.1, -0.05) is 23.7 Å². The van der Waals surface area contributed by atoms with Crippen LogP contribution in [0.15, 0.2) is 36.7 Å². The van der Waals surface area contributed by atoms with Crippen molar-refractivity contribution in [3.63, 3.8) is 0 Å². The van der Waals surface area contributed by atoms with Gasteiger partial charge < -0.3 is 9.47 Å². The van der Waals surface area contributed by atoms with Crippen molar-refractivity contribution >= 4 is 17.5 Å². The third kappa shape index (κ3) is 3.45. The lowest BCUT2D eigenvalue weighted by Crippen LogP contribution is -2.29. The van der Waals surface area contributed by atoms with Crippen LogP contribution in [0.5, 0.6) is 0 Å². The second-order valence-corrected chi connectivity index (χ2v) is 6.01. The number of halogens is 1. The average molecular weight is 304 g/mol. The number of hydrogen-bond acceptors (Lipinski definition) is 2. The molecule has 4 nitrogen and oxygen atoms in total. The zero-order valence-corrected chi connectivity index (χ0v) is 12.8. The highest BCUT2D eigenvalue weighted by atomic mass is 35.5. The van der Waals surface area contributed by atoms with E-state index in [-0.39, 0.29) is 11.8 Å². The summed E-state index contributed by atoms with van der Waals surface area (Å²) >= 11 is 6.01. The Morgan fingerprint density at radius 1 is 1.48 bits per heavy atom. The number of hydrogen-bond donors (Lipinski definition) is 0. The van der Waals surface area contributed by atoms with E-state index in [9.17, 15) is 4.79 Å². The van der Waals surface area contributed by atoms with E-state index >= 15 is 0 Å². The van der Waals surface area contributed by atoms with Crippen molar-refractivity contribution in [1.29, 1.82) is 0 Å². The lowest BCUT2D eigenvalue weighted by atomic mass is 10.2. The van der Waals surface area contributed by atoms with Gasteiger partial charge in [-0.2, -0.15) is 0 Å². The molecule has 5 heteroatoms. The van der Waals surface area contributed by atoms with Gasteiger partial charge in [0, 0.05) is 36.9 Å². The van der Waals surface area contributed by atoms with Gasteiger partial charge in [0.1, 0.15) is 5.82 Å². The molecule has 1 aliphatic rings. The van der Waals surface area contributed by atoms with E-state index in [0.717, 1.165) is 29.3 Å². The SMILES string of the molecule is CN(Cc1nccn1Cc1cccc(Cl)c1)C(=O)C1CC1. The highest BCUT2D eigenvalue weighted by molar-refractivity contribution is 6.30. The number of carbonyl (C=O) groups excluding carboxylic acids is 1. The molecule has 0 radical (unpaired) electrons. The molecule has 21 heavy (non-hydrogen) atoms. The molecule has 0 saturated heterocycles. The van der Waals surface area contributed by atoms with E-state index in [1.54, 1.807) is 11.1 Å². The third-order valence-electron chi connectivity index (χ3n) is 3.73. The van der Waals surface area contributed by atoms with Gasteiger partial charge in [0.25, 0.3) is 0 Å². The van der Waals surface area contributed by atoms with Crippen LogP contribution in [-0.2, 0) is 17.9 Å². The van der Waals surface area contributed by atoms with Gasteiger partial charge in [-0.3, -0.25) is 4.79 Å². The first-order chi connectivity index (χ1) is 10.1. The predicted octanol–water partition coefficient (Wildman–Crippen LogP) is 2.95. The van der Waals surface area contributed by atoms with Gasteiger partial charge in [0.15, 0.2) is 0 Å². The highest BCUT2D eigenvalue weighted by Gasteiger charge is 2.32. The Labute approximate surface area is 129 Å². The van der Waals surface area contributed by atoms with Crippen molar-refractivity contribution in [2.75, 3.05) is 7.05 Å². The minimum Gasteiger partial charge on any atom is -0.338 e. The molecule has 0 unspecified atom stereocenters. The number of rotatable bonds is 5. The largest absolute Gasteiger partial charge is 0.338 e. The highest BCUT2D eigenvalue weighted by Crippen LogP contribution is 2.30. The number of benzene rings is 1. The molecule has 0 aliphatic heterocycles. The Morgan fingerprint density at radius 3 is 3.00 bits per heavy atom. The summed E-state index contributed by atoms with van der Waals surface area (Å²) in [6.07, 6.45) is 5.77. The number of carbonyl (C=O) groups is 1. The fraction of sp³-hybridized carbons (Fsp3) is 0.375. The predicted molar refractivity (Wildman–Crippen MR) is 82.0 cm³/mol. The van der Waals surface area contributed by atoms with E-state index in [2.05, 4.69) is 9.55 Å². The Hall–Kier alpha value is -1.81. The summed E-state index contributed by atoms with van der Waals surface area (Å²) in [5.74, 6) is 1.37. The molecule has 1 amide bonds. The lowest BCUT2D eigenvalue weighted by Gasteiger charge is -2.17. The summed E-state index contributed by atoms with van der Waals surface area (Å²) in [6, 6.07) is 7.79. The van der Waals surface area contributed by atoms with Crippen molar-refractivity contribution in [2.24, 2.45) is 5.92 Å². The van der Waals surface area contributed by atoms with Gasteiger partial charge >= 0.3 is 0 Å². The molecule has 0 N–H and O–H groups in total. The first kappa shape index (κ1) is 14.1. The minimum absolute atomic E-state index is 0.229. The number of imidazole rings is 1. The van der Waals surface area contributed by atoms with Crippen LogP contribution in [0.2, 0.25) is 5.02 Å². The van der Waals surface area contributed by atoms with Crippen LogP contribution in [-0.4, -0.2) is 27.4 Å². The molecule has 1 aromatic heterocycles. The molecule has 0 bridgehead atoms. The number of nitrogens with zero attached hydrogens (tertiary/aromatic N) is 3. The smallest absolute Gasteiger partial charge is 0.225 e. The van der Waals surface area contributed by atoms with E-state index in [4.69, 9.17) is 11.6 Å². The fourth-order valence-corrected chi connectivity index (χ4v) is 2.61. The molecular weight excluding hydrogens is 286 g/mol. The summed E-state index contributed by atoms with van der Waals surface area (Å²) in [5.41, 5.74) is 1.12. The van der Waals surface area contributed by atoms with Crippen molar-refractivity contribution in [2.45, 2.75) is 25.9 Å². The summed E-state index contributed by atoms with van der Waals surface area (Å²) in [7, 11) is 1.85. The lowest BCUT2D eigenvalue weighted by molar-refractivity contribution is -0.131. The second-order valence-electron chi connectivity index (χ2n) is 5.57. The summed E-state index contributed by atoms with van der Waals surface area (Å²) in [6.45, 7) is 1.25. The third-order valence-corrected chi connectivity index (χ3v) is 3.96. The van der Waals surface area contributed by atoms with E-state index in [1.165, 1.54) is 0 Å². The van der Waals surface area contributed by atoms with Crippen molar-refractivity contribution in [3.05, 3.63) is 53.1 Å². The van der Waals surface area contributed by atoms with Gasteiger partial charge in [0.2, 0.25) is 5.91 Å². The number of aromatic nitrogens is 2. The Bertz CT molecular complexity index is 648. The molecule has 1 saturated carbocycles. The average Bonchev–Trinajstić information content (AvgIpc) is 3.22. The Kier molecular flexibility index (Phi) is 3.97. The van der Waals surface area contributed by atoms with Crippen LogP contribution in [0.3, 0.4) is 0 Å². The maximum atomic E-state index is 12.0. The molecule has 110 valence electrons. The maximum Gasteiger partial charge on any atom is 0.225 e. The number of amides is 1. The van der Waals surface area contributed by atoms with Crippen LogP contribution in [0.1, 0.15) is 24.2 Å². The van der Waals surface area contributed by atoms with Crippen LogP contribution < -0.4 is 0 Å². The molecular formula is C16H18ClN3O. The van der Waals surface area contributed by atoms with Crippen LogP contribution in [0.25, 0.3) is 0 Å². The van der Waals surface area contributed by atoms with E-state index in [0.29, 0.717) is 13.1 Å². The molecule has 1 fully saturated rings. The van der Waals surface area contributed by atoms with Crippen molar-refractivity contribution in [3.8, 4) is 0 Å². The van der Waals surface area contributed by atoms with Crippen molar-refractivity contribution < 1.29 is 4.79 Å². The van der Waals surface area contributed by atoms with Crippen LogP contribution in [0, 0.1) is 5.92 Å². The molecule has 3 rings (SSSR count). The van der Waals surface area contributed by atoms with Crippen molar-refractivity contribution in [1.82, 2.24) is 14.5 Å². The molecule has 1 heterocycles. The van der Waals surface area contributed by atoms with Crippen LogP contribution >= 0.6 is 11.6 Å².